The molecule has 0 spiro atoms. The van der Waals surface area contributed by atoms with E-state index in [1.54, 1.807) is 12.4 Å². The lowest BCUT2D eigenvalue weighted by atomic mass is 10.1. The van der Waals surface area contributed by atoms with Gasteiger partial charge in [-0.3, -0.25) is 4.98 Å². The van der Waals surface area contributed by atoms with Gasteiger partial charge in [-0.05, 0) is 31.0 Å². The highest BCUT2D eigenvalue weighted by Crippen LogP contribution is 2.20. The molecule has 0 aliphatic rings. The van der Waals surface area contributed by atoms with Gasteiger partial charge in [0.2, 0.25) is 0 Å². The third-order valence-electron chi connectivity index (χ3n) is 3.79. The maximum absolute atomic E-state index is 12.6. The second-order valence-electron chi connectivity index (χ2n) is 5.73. The van der Waals surface area contributed by atoms with Crippen molar-refractivity contribution in [3.8, 4) is 5.75 Å². The first-order valence-corrected chi connectivity index (χ1v) is 7.80. The molecule has 4 nitrogen and oxygen atoms in total. The minimum Gasteiger partial charge on any atom is -0.418 e. The van der Waals surface area contributed by atoms with E-state index in [4.69, 9.17) is 4.74 Å². The zero-order valence-corrected chi connectivity index (χ0v) is 13.8. The van der Waals surface area contributed by atoms with Crippen LogP contribution in [-0.2, 0) is 6.54 Å². The number of esters is 1. The SMILES string of the molecule is Cc1ccc(C)c(OC(=O)c2cncc[n+]2Cc2ccccc2)c1. The summed E-state index contributed by atoms with van der Waals surface area (Å²) >= 11 is 0. The highest BCUT2D eigenvalue weighted by atomic mass is 16.5. The van der Waals surface area contributed by atoms with Gasteiger partial charge in [0.05, 0.1) is 6.20 Å². The fourth-order valence-corrected chi connectivity index (χ4v) is 2.44. The summed E-state index contributed by atoms with van der Waals surface area (Å²) in [5.41, 5.74) is 3.50. The van der Waals surface area contributed by atoms with Crippen LogP contribution in [0.1, 0.15) is 27.2 Å². The summed E-state index contributed by atoms with van der Waals surface area (Å²) in [4.78, 5) is 16.7. The first kappa shape index (κ1) is 15.9. The van der Waals surface area contributed by atoms with Crippen LogP contribution in [0.25, 0.3) is 0 Å². The Morgan fingerprint density at radius 1 is 1.12 bits per heavy atom. The van der Waals surface area contributed by atoms with Crippen LogP contribution in [0.4, 0.5) is 0 Å². The maximum Gasteiger partial charge on any atom is 0.410 e. The molecule has 0 N–H and O–H groups in total. The second-order valence-corrected chi connectivity index (χ2v) is 5.73. The van der Waals surface area contributed by atoms with E-state index in [0.717, 1.165) is 16.7 Å². The van der Waals surface area contributed by atoms with E-state index in [-0.39, 0.29) is 0 Å². The zero-order chi connectivity index (χ0) is 16.9. The average Bonchev–Trinajstić information content (AvgIpc) is 2.59. The Hall–Kier alpha value is -3.01. The van der Waals surface area contributed by atoms with Crippen LogP contribution in [-0.4, -0.2) is 11.0 Å². The van der Waals surface area contributed by atoms with Gasteiger partial charge in [0.25, 0.3) is 0 Å². The van der Waals surface area contributed by atoms with Crippen molar-refractivity contribution in [2.75, 3.05) is 0 Å². The Morgan fingerprint density at radius 3 is 2.71 bits per heavy atom. The summed E-state index contributed by atoms with van der Waals surface area (Å²) in [6.45, 7) is 4.47. The Labute approximate surface area is 141 Å². The average molecular weight is 319 g/mol. The third kappa shape index (κ3) is 3.66. The Kier molecular flexibility index (Phi) is 4.66. The summed E-state index contributed by atoms with van der Waals surface area (Å²) in [6, 6.07) is 15.8. The normalized spacial score (nSPS) is 10.4. The summed E-state index contributed by atoms with van der Waals surface area (Å²) in [5, 5.41) is 0. The molecule has 0 amide bonds. The molecule has 1 aromatic heterocycles. The highest BCUT2D eigenvalue weighted by Gasteiger charge is 2.22. The lowest BCUT2D eigenvalue weighted by Crippen LogP contribution is -2.42. The van der Waals surface area contributed by atoms with E-state index in [9.17, 15) is 4.79 Å². The number of hydrogen-bond donors (Lipinski definition) is 0. The number of nitrogens with zero attached hydrogens (tertiary/aromatic N) is 2. The van der Waals surface area contributed by atoms with E-state index in [1.165, 1.54) is 6.20 Å². The van der Waals surface area contributed by atoms with Crippen molar-refractivity contribution in [3.05, 3.63) is 89.5 Å². The van der Waals surface area contributed by atoms with E-state index in [1.807, 2.05) is 66.9 Å². The summed E-state index contributed by atoms with van der Waals surface area (Å²) in [6.07, 6.45) is 4.99. The topological polar surface area (TPSA) is 43.1 Å². The van der Waals surface area contributed by atoms with E-state index < -0.39 is 5.97 Å². The molecule has 4 heteroatoms. The number of carbonyl (C=O) groups excluding carboxylic acids is 1. The molecule has 3 rings (SSSR count). The molecule has 120 valence electrons. The number of aryl methyl sites for hydroxylation is 2. The molecular formula is C20H19N2O2+. The number of benzene rings is 2. The van der Waals surface area contributed by atoms with Gasteiger partial charge in [-0.1, -0.05) is 42.5 Å². The highest BCUT2D eigenvalue weighted by molar-refractivity contribution is 5.87. The molecule has 0 saturated carbocycles. The third-order valence-corrected chi connectivity index (χ3v) is 3.79. The molecule has 0 fully saturated rings. The molecule has 24 heavy (non-hydrogen) atoms. The van der Waals surface area contributed by atoms with Crippen LogP contribution >= 0.6 is 0 Å². The monoisotopic (exact) mass is 319 g/mol. The molecule has 2 aromatic carbocycles. The standard InChI is InChI=1S/C20H19N2O2/c1-15-8-9-16(2)19(12-15)24-20(23)18-13-21-10-11-22(18)14-17-6-4-3-5-7-17/h3-13H,14H2,1-2H3/q+1. The smallest absolute Gasteiger partial charge is 0.410 e. The largest absolute Gasteiger partial charge is 0.418 e. The van der Waals surface area contributed by atoms with Gasteiger partial charge in [0, 0.05) is 5.56 Å². The van der Waals surface area contributed by atoms with Gasteiger partial charge < -0.3 is 4.74 Å². The van der Waals surface area contributed by atoms with Crippen molar-refractivity contribution < 1.29 is 14.1 Å². The Morgan fingerprint density at radius 2 is 1.92 bits per heavy atom. The molecule has 1 heterocycles. The molecule has 0 saturated heterocycles. The Balaban J connectivity index is 1.86. The lowest BCUT2D eigenvalue weighted by Gasteiger charge is -2.08. The van der Waals surface area contributed by atoms with Crippen molar-refractivity contribution in [3.63, 3.8) is 0 Å². The number of hydrogen-bond acceptors (Lipinski definition) is 3. The Bertz CT molecular complexity index is 861. The molecule has 0 aliphatic carbocycles. The van der Waals surface area contributed by atoms with Gasteiger partial charge in [-0.15, -0.1) is 0 Å². The fourth-order valence-electron chi connectivity index (χ4n) is 2.44. The van der Waals surface area contributed by atoms with Crippen LogP contribution in [0.2, 0.25) is 0 Å². The molecule has 0 atom stereocenters. The fraction of sp³-hybridized carbons (Fsp3) is 0.150. The second kappa shape index (κ2) is 7.04. The summed E-state index contributed by atoms with van der Waals surface area (Å²) < 4.78 is 7.43. The predicted molar refractivity (Wildman–Crippen MR) is 90.9 cm³/mol. The van der Waals surface area contributed by atoms with Crippen LogP contribution in [0.15, 0.2) is 67.1 Å². The number of rotatable bonds is 4. The molecule has 0 radical (unpaired) electrons. The number of carbonyl (C=O) groups is 1. The predicted octanol–water partition coefficient (Wildman–Crippen LogP) is 3.25. The van der Waals surface area contributed by atoms with Crippen molar-refractivity contribution in [2.45, 2.75) is 20.4 Å². The van der Waals surface area contributed by atoms with Crippen LogP contribution in [0.5, 0.6) is 5.75 Å². The van der Waals surface area contributed by atoms with E-state index in [0.29, 0.717) is 18.0 Å². The van der Waals surface area contributed by atoms with Gasteiger partial charge in [0.15, 0.2) is 12.7 Å². The van der Waals surface area contributed by atoms with Crippen LogP contribution in [0.3, 0.4) is 0 Å². The quantitative estimate of drug-likeness (QED) is 0.421. The van der Waals surface area contributed by atoms with Crippen LogP contribution in [0, 0.1) is 13.8 Å². The lowest BCUT2D eigenvalue weighted by molar-refractivity contribution is -0.691. The molecular weight excluding hydrogens is 300 g/mol. The van der Waals surface area contributed by atoms with Crippen molar-refractivity contribution in [2.24, 2.45) is 0 Å². The van der Waals surface area contributed by atoms with Crippen molar-refractivity contribution in [1.82, 2.24) is 4.98 Å². The molecule has 0 unspecified atom stereocenters. The van der Waals surface area contributed by atoms with E-state index >= 15 is 0 Å². The molecule has 0 bridgehead atoms. The van der Waals surface area contributed by atoms with Crippen molar-refractivity contribution in [1.29, 1.82) is 0 Å². The minimum atomic E-state index is -0.410. The van der Waals surface area contributed by atoms with Gasteiger partial charge in [-0.25, -0.2) is 4.79 Å². The van der Waals surface area contributed by atoms with E-state index in [2.05, 4.69) is 4.98 Å². The van der Waals surface area contributed by atoms with Crippen molar-refractivity contribution >= 4 is 5.97 Å². The maximum atomic E-state index is 12.6. The molecule has 0 aliphatic heterocycles. The van der Waals surface area contributed by atoms with Gasteiger partial charge in [0.1, 0.15) is 11.9 Å². The zero-order valence-electron chi connectivity index (χ0n) is 13.8. The summed E-state index contributed by atoms with van der Waals surface area (Å²) in [5.74, 6) is 0.169. The van der Waals surface area contributed by atoms with Gasteiger partial charge >= 0.3 is 11.7 Å². The van der Waals surface area contributed by atoms with Gasteiger partial charge in [-0.2, -0.15) is 4.57 Å². The number of ether oxygens (including phenoxy) is 1. The first-order valence-electron chi connectivity index (χ1n) is 7.80. The number of aromatic nitrogens is 2. The van der Waals surface area contributed by atoms with Crippen LogP contribution < -0.4 is 9.30 Å². The first-order chi connectivity index (χ1) is 11.6. The molecule has 3 aromatic rings. The minimum absolute atomic E-state index is 0.410. The summed E-state index contributed by atoms with van der Waals surface area (Å²) in [7, 11) is 0.